The lowest BCUT2D eigenvalue weighted by Gasteiger charge is -2.48. The van der Waals surface area contributed by atoms with Gasteiger partial charge in [-0.25, -0.2) is 0 Å². The fraction of sp³-hybridized carbons (Fsp3) is 0.808. The van der Waals surface area contributed by atoms with Gasteiger partial charge in [-0.1, -0.05) is 6.92 Å². The van der Waals surface area contributed by atoms with Crippen LogP contribution < -0.4 is 0 Å². The lowest BCUT2D eigenvalue weighted by Crippen LogP contribution is -2.66. The summed E-state index contributed by atoms with van der Waals surface area (Å²) in [6, 6.07) is 0. The molecular formula is C26H40O17. The zero-order chi connectivity index (χ0) is 32.1. The molecule has 0 saturated carbocycles. The van der Waals surface area contributed by atoms with Crippen LogP contribution in [0.25, 0.3) is 0 Å². The quantitative estimate of drug-likeness (QED) is 0.0865. The topological polar surface area (TPSA) is 218 Å². The van der Waals surface area contributed by atoms with Crippen LogP contribution in [0.4, 0.5) is 0 Å². The van der Waals surface area contributed by atoms with Crippen molar-refractivity contribution >= 4 is 30.3 Å². The van der Waals surface area contributed by atoms with Crippen molar-refractivity contribution < 1.29 is 81.6 Å². The molecule has 43 heavy (non-hydrogen) atoms. The van der Waals surface area contributed by atoms with Gasteiger partial charge in [0.25, 0.3) is 6.47 Å². The summed E-state index contributed by atoms with van der Waals surface area (Å²) in [4.78, 5) is 59.1. The molecule has 17 heteroatoms. The Morgan fingerprint density at radius 3 is 1.91 bits per heavy atom. The number of rotatable bonds is 16. The van der Waals surface area contributed by atoms with Crippen molar-refractivity contribution in [3.8, 4) is 0 Å². The SMILES string of the molecule is CCCOCCO[C@H]1O[C@@H](CO)[C@@H](O)[C@H](OC(C)=O)[C@@H]1O[C@H]1O[C@H](COC(C)=O)[C@@H](OC=O)[C@H](OC(C)=O)[C@@H]1OC(C)=O. The minimum Gasteiger partial charge on any atom is -0.463 e. The molecule has 2 aliphatic heterocycles. The van der Waals surface area contributed by atoms with Gasteiger partial charge in [0.2, 0.25) is 0 Å². The molecular weight excluding hydrogens is 584 g/mol. The van der Waals surface area contributed by atoms with Crippen molar-refractivity contribution in [1.82, 2.24) is 0 Å². The third-order valence-corrected chi connectivity index (χ3v) is 6.11. The molecule has 0 aromatic rings. The third kappa shape index (κ3) is 10.9. The van der Waals surface area contributed by atoms with Crippen molar-refractivity contribution in [3.05, 3.63) is 0 Å². The Bertz CT molecular complexity index is 927. The van der Waals surface area contributed by atoms with E-state index >= 15 is 0 Å². The maximum atomic E-state index is 12.1. The number of aliphatic hydroxyl groups is 2. The standard InChI is InChI=1S/C26H40O17/c1-6-7-34-8-9-35-25-23(21(38-14(3)30)19(33)17(10-27)41-25)43-26-24(40-16(5)32)22(39-15(4)31)20(37-12-28)18(42-26)11-36-13(2)29/h12,17-27,33H,6-11H2,1-5H3/t17-,18+,19+,20+,21-,22-,23-,24-,25-,26+/m0/s1. The van der Waals surface area contributed by atoms with Crippen molar-refractivity contribution in [1.29, 1.82) is 0 Å². The van der Waals surface area contributed by atoms with Gasteiger partial charge < -0.3 is 57.6 Å². The maximum absolute atomic E-state index is 12.1. The van der Waals surface area contributed by atoms with Crippen LogP contribution in [0.15, 0.2) is 0 Å². The van der Waals surface area contributed by atoms with Crippen LogP contribution in [-0.4, -0.2) is 135 Å². The first kappa shape index (κ1) is 36.3. The number of ether oxygens (including phenoxy) is 10. The molecule has 0 unspecified atom stereocenters. The Hall–Kier alpha value is -2.93. The summed E-state index contributed by atoms with van der Waals surface area (Å²) in [5.74, 6) is -3.28. The van der Waals surface area contributed by atoms with E-state index < -0.39 is 98.5 Å². The predicted molar refractivity (Wildman–Crippen MR) is 137 cm³/mol. The van der Waals surface area contributed by atoms with E-state index in [0.29, 0.717) is 6.61 Å². The van der Waals surface area contributed by atoms with Crippen LogP contribution >= 0.6 is 0 Å². The van der Waals surface area contributed by atoms with Gasteiger partial charge in [-0.15, -0.1) is 0 Å². The summed E-state index contributed by atoms with van der Waals surface area (Å²) >= 11 is 0. The van der Waals surface area contributed by atoms with Gasteiger partial charge in [0.15, 0.2) is 43.1 Å². The average Bonchev–Trinajstić information content (AvgIpc) is 2.92. The maximum Gasteiger partial charge on any atom is 0.303 e. The Morgan fingerprint density at radius 1 is 0.744 bits per heavy atom. The first-order valence-electron chi connectivity index (χ1n) is 13.6. The molecule has 2 fully saturated rings. The van der Waals surface area contributed by atoms with Crippen molar-refractivity contribution in [2.24, 2.45) is 0 Å². The molecule has 2 N–H and O–H groups in total. The molecule has 2 heterocycles. The second kappa shape index (κ2) is 18.0. The third-order valence-electron chi connectivity index (χ3n) is 6.11. The molecule has 0 bridgehead atoms. The van der Waals surface area contributed by atoms with E-state index in [1.54, 1.807) is 0 Å². The van der Waals surface area contributed by atoms with E-state index in [1.165, 1.54) is 0 Å². The lowest BCUT2D eigenvalue weighted by molar-refractivity contribution is -0.368. The van der Waals surface area contributed by atoms with Gasteiger partial charge in [-0.2, -0.15) is 0 Å². The Morgan fingerprint density at radius 2 is 1.35 bits per heavy atom. The number of hydrogen-bond acceptors (Lipinski definition) is 17. The number of esters is 4. The second-order valence-corrected chi connectivity index (χ2v) is 9.56. The zero-order valence-corrected chi connectivity index (χ0v) is 24.6. The molecule has 0 aromatic heterocycles. The normalized spacial score (nSPS) is 32.3. The van der Waals surface area contributed by atoms with Gasteiger partial charge in [0, 0.05) is 34.3 Å². The van der Waals surface area contributed by atoms with Gasteiger partial charge >= 0.3 is 23.9 Å². The number of carbonyl (C=O) groups is 5. The average molecular weight is 625 g/mol. The highest BCUT2D eigenvalue weighted by molar-refractivity contribution is 5.68. The number of hydrogen-bond donors (Lipinski definition) is 2. The molecule has 0 spiro atoms. The molecule has 10 atom stereocenters. The van der Waals surface area contributed by atoms with E-state index in [1.807, 2.05) is 6.92 Å². The van der Waals surface area contributed by atoms with Crippen LogP contribution in [0.3, 0.4) is 0 Å². The van der Waals surface area contributed by atoms with E-state index in [2.05, 4.69) is 0 Å². The monoisotopic (exact) mass is 624 g/mol. The molecule has 2 rings (SSSR count). The lowest BCUT2D eigenvalue weighted by atomic mass is 9.96. The fourth-order valence-corrected chi connectivity index (χ4v) is 4.46. The second-order valence-electron chi connectivity index (χ2n) is 9.56. The fourth-order valence-electron chi connectivity index (χ4n) is 4.46. The molecule has 0 amide bonds. The molecule has 246 valence electrons. The molecule has 0 radical (unpaired) electrons. The largest absolute Gasteiger partial charge is 0.463 e. The Kier molecular flexibility index (Phi) is 15.2. The van der Waals surface area contributed by atoms with Crippen LogP contribution in [0.5, 0.6) is 0 Å². The molecule has 0 aliphatic carbocycles. The van der Waals surface area contributed by atoms with Crippen molar-refractivity contribution in [2.75, 3.05) is 33.0 Å². The van der Waals surface area contributed by atoms with Gasteiger partial charge in [0.05, 0.1) is 19.8 Å². The van der Waals surface area contributed by atoms with E-state index in [4.69, 9.17) is 47.4 Å². The Balaban J connectivity index is 2.53. The smallest absolute Gasteiger partial charge is 0.303 e. The highest BCUT2D eigenvalue weighted by Gasteiger charge is 2.56. The zero-order valence-electron chi connectivity index (χ0n) is 24.6. The summed E-state index contributed by atoms with van der Waals surface area (Å²) < 4.78 is 55.1. The highest BCUT2D eigenvalue weighted by Crippen LogP contribution is 2.34. The van der Waals surface area contributed by atoms with Crippen LogP contribution in [0.2, 0.25) is 0 Å². The van der Waals surface area contributed by atoms with Crippen LogP contribution in [-0.2, 0) is 71.3 Å². The molecule has 2 aliphatic rings. The van der Waals surface area contributed by atoms with Crippen LogP contribution in [0.1, 0.15) is 41.0 Å². The molecule has 0 aromatic carbocycles. The van der Waals surface area contributed by atoms with Gasteiger partial charge in [0.1, 0.15) is 24.9 Å². The van der Waals surface area contributed by atoms with Gasteiger partial charge in [-0.3, -0.25) is 24.0 Å². The first-order valence-corrected chi connectivity index (χ1v) is 13.6. The minimum absolute atomic E-state index is 0.0406. The van der Waals surface area contributed by atoms with E-state index in [0.717, 1.165) is 34.1 Å². The Labute approximate surface area is 247 Å². The number of aliphatic hydroxyl groups excluding tert-OH is 2. The summed E-state index contributed by atoms with van der Waals surface area (Å²) in [7, 11) is 0. The minimum atomic E-state index is -1.70. The van der Waals surface area contributed by atoms with Crippen LogP contribution in [0, 0.1) is 0 Å². The summed E-state index contributed by atoms with van der Waals surface area (Å²) in [6.07, 6.45) is -14.2. The summed E-state index contributed by atoms with van der Waals surface area (Å²) in [5, 5.41) is 20.7. The van der Waals surface area contributed by atoms with Crippen molar-refractivity contribution in [3.63, 3.8) is 0 Å². The van der Waals surface area contributed by atoms with Gasteiger partial charge in [-0.05, 0) is 6.42 Å². The highest BCUT2D eigenvalue weighted by atomic mass is 16.8. The van der Waals surface area contributed by atoms with Crippen molar-refractivity contribution in [2.45, 2.75) is 102 Å². The van der Waals surface area contributed by atoms with E-state index in [-0.39, 0.29) is 19.7 Å². The van der Waals surface area contributed by atoms with E-state index in [9.17, 15) is 34.2 Å². The predicted octanol–water partition coefficient (Wildman–Crippen LogP) is -1.48. The summed E-state index contributed by atoms with van der Waals surface area (Å²) in [5.41, 5.74) is 0. The molecule has 2 saturated heterocycles. The number of carbonyl (C=O) groups excluding carboxylic acids is 5. The first-order chi connectivity index (χ1) is 20.4. The molecule has 17 nitrogen and oxygen atoms in total. The summed E-state index contributed by atoms with van der Waals surface area (Å²) in [6.45, 7) is 5.58.